The van der Waals surface area contributed by atoms with Gasteiger partial charge in [0.05, 0.1) is 0 Å². The Morgan fingerprint density at radius 2 is 2.24 bits per heavy atom. The van der Waals surface area contributed by atoms with E-state index >= 15 is 0 Å². The quantitative estimate of drug-likeness (QED) is 0.932. The second-order valence-electron chi connectivity index (χ2n) is 4.76. The first kappa shape index (κ1) is 12.6. The van der Waals surface area contributed by atoms with Gasteiger partial charge in [0.2, 0.25) is 0 Å². The molecule has 0 saturated carbocycles. The fourth-order valence-corrected chi connectivity index (χ4v) is 3.11. The van der Waals surface area contributed by atoms with Crippen molar-refractivity contribution in [2.24, 2.45) is 5.92 Å². The summed E-state index contributed by atoms with van der Waals surface area (Å²) >= 11 is 3.60. The normalized spacial score (nSPS) is 20.1. The molecule has 1 aromatic heterocycles. The Kier molecular flexibility index (Phi) is 3.86. The standard InChI is InChI=1S/C12H19BrN4/c1-8(2)9-5-4-6-17(9)12-10(13)11(14-3)15-7-16-12/h7-9H,4-6H2,1-3H3,(H,14,15,16). The van der Waals surface area contributed by atoms with Gasteiger partial charge in [0.25, 0.3) is 0 Å². The van der Waals surface area contributed by atoms with E-state index in [2.05, 4.69) is 50.0 Å². The van der Waals surface area contributed by atoms with Gasteiger partial charge in [-0.25, -0.2) is 9.97 Å². The smallest absolute Gasteiger partial charge is 0.148 e. The summed E-state index contributed by atoms with van der Waals surface area (Å²) in [6.07, 6.45) is 4.12. The zero-order valence-electron chi connectivity index (χ0n) is 10.6. The number of nitrogens with one attached hydrogen (secondary N) is 1. The molecular weight excluding hydrogens is 280 g/mol. The Morgan fingerprint density at radius 3 is 2.88 bits per heavy atom. The number of nitrogens with zero attached hydrogens (tertiary/aromatic N) is 3. The summed E-state index contributed by atoms with van der Waals surface area (Å²) in [5.74, 6) is 2.52. The van der Waals surface area contributed by atoms with Gasteiger partial charge in [-0.1, -0.05) is 13.8 Å². The molecule has 5 heteroatoms. The Hall–Kier alpha value is -0.840. The van der Waals surface area contributed by atoms with E-state index in [0.717, 1.165) is 22.7 Å². The van der Waals surface area contributed by atoms with Gasteiger partial charge in [-0.3, -0.25) is 0 Å². The van der Waals surface area contributed by atoms with Gasteiger partial charge in [-0.15, -0.1) is 0 Å². The maximum absolute atomic E-state index is 4.43. The lowest BCUT2D eigenvalue weighted by atomic mass is 10.0. The van der Waals surface area contributed by atoms with Gasteiger partial charge in [0.1, 0.15) is 22.4 Å². The van der Waals surface area contributed by atoms with Crippen LogP contribution in [0.3, 0.4) is 0 Å². The fourth-order valence-electron chi connectivity index (χ4n) is 2.48. The number of anilines is 2. The molecule has 0 aliphatic carbocycles. The lowest BCUT2D eigenvalue weighted by molar-refractivity contribution is 0.489. The van der Waals surface area contributed by atoms with Crippen LogP contribution in [0.25, 0.3) is 0 Å². The molecule has 1 saturated heterocycles. The number of hydrogen-bond acceptors (Lipinski definition) is 4. The average Bonchev–Trinajstić information content (AvgIpc) is 2.78. The van der Waals surface area contributed by atoms with Crippen molar-refractivity contribution >= 4 is 27.6 Å². The van der Waals surface area contributed by atoms with Gasteiger partial charge in [-0.05, 0) is 34.7 Å². The third-order valence-corrected chi connectivity index (χ3v) is 4.08. The molecule has 1 aliphatic heterocycles. The van der Waals surface area contributed by atoms with Crippen molar-refractivity contribution in [3.8, 4) is 0 Å². The number of hydrogen-bond donors (Lipinski definition) is 1. The Morgan fingerprint density at radius 1 is 1.47 bits per heavy atom. The minimum absolute atomic E-state index is 0.589. The fraction of sp³-hybridized carbons (Fsp3) is 0.667. The van der Waals surface area contributed by atoms with E-state index in [4.69, 9.17) is 0 Å². The summed E-state index contributed by atoms with van der Waals surface area (Å²) in [5, 5.41) is 3.08. The Balaban J connectivity index is 2.33. The largest absolute Gasteiger partial charge is 0.372 e. The summed E-state index contributed by atoms with van der Waals surface area (Å²) in [4.78, 5) is 11.0. The molecule has 0 aromatic carbocycles. The molecule has 1 aromatic rings. The summed E-state index contributed by atoms with van der Waals surface area (Å²) < 4.78 is 0.968. The van der Waals surface area contributed by atoms with Crippen LogP contribution in [-0.2, 0) is 0 Å². The molecule has 0 spiro atoms. The van der Waals surface area contributed by atoms with Crippen molar-refractivity contribution in [1.29, 1.82) is 0 Å². The van der Waals surface area contributed by atoms with E-state index in [1.165, 1.54) is 12.8 Å². The van der Waals surface area contributed by atoms with Gasteiger partial charge in [0, 0.05) is 19.6 Å². The van der Waals surface area contributed by atoms with E-state index in [1.54, 1.807) is 6.33 Å². The predicted molar refractivity (Wildman–Crippen MR) is 74.5 cm³/mol. The van der Waals surface area contributed by atoms with Crippen LogP contribution in [0.1, 0.15) is 26.7 Å². The lowest BCUT2D eigenvalue weighted by Crippen LogP contribution is -2.34. The zero-order valence-corrected chi connectivity index (χ0v) is 12.2. The van der Waals surface area contributed by atoms with Crippen LogP contribution in [0.5, 0.6) is 0 Å². The first-order chi connectivity index (χ1) is 8.15. The van der Waals surface area contributed by atoms with Crippen LogP contribution < -0.4 is 10.2 Å². The van der Waals surface area contributed by atoms with Crippen LogP contribution in [0, 0.1) is 5.92 Å². The number of aromatic nitrogens is 2. The monoisotopic (exact) mass is 298 g/mol. The molecule has 1 fully saturated rings. The maximum atomic E-state index is 4.43. The second-order valence-corrected chi connectivity index (χ2v) is 5.55. The van der Waals surface area contributed by atoms with E-state index in [0.29, 0.717) is 12.0 Å². The highest BCUT2D eigenvalue weighted by atomic mass is 79.9. The first-order valence-electron chi connectivity index (χ1n) is 6.10. The topological polar surface area (TPSA) is 41.1 Å². The summed E-state index contributed by atoms with van der Waals surface area (Å²) in [6.45, 7) is 5.63. The van der Waals surface area contributed by atoms with E-state index in [-0.39, 0.29) is 0 Å². The summed E-state index contributed by atoms with van der Waals surface area (Å²) in [7, 11) is 1.88. The van der Waals surface area contributed by atoms with Crippen molar-refractivity contribution in [3.05, 3.63) is 10.8 Å². The summed E-state index contributed by atoms with van der Waals surface area (Å²) in [5.41, 5.74) is 0. The molecule has 0 amide bonds. The molecule has 94 valence electrons. The highest BCUT2D eigenvalue weighted by Gasteiger charge is 2.29. The van der Waals surface area contributed by atoms with Crippen molar-refractivity contribution in [2.75, 3.05) is 23.8 Å². The molecule has 1 unspecified atom stereocenters. The molecule has 2 rings (SSSR count). The highest BCUT2D eigenvalue weighted by molar-refractivity contribution is 9.10. The Bertz CT molecular complexity index is 394. The van der Waals surface area contributed by atoms with Crippen LogP contribution in [0.2, 0.25) is 0 Å². The SMILES string of the molecule is CNc1ncnc(N2CCCC2C(C)C)c1Br. The first-order valence-corrected chi connectivity index (χ1v) is 6.89. The molecule has 17 heavy (non-hydrogen) atoms. The van der Waals surface area contributed by atoms with E-state index < -0.39 is 0 Å². The van der Waals surface area contributed by atoms with Gasteiger partial charge < -0.3 is 10.2 Å². The van der Waals surface area contributed by atoms with Crippen molar-refractivity contribution < 1.29 is 0 Å². The predicted octanol–water partition coefficient (Wildman–Crippen LogP) is 2.91. The molecule has 1 N–H and O–H groups in total. The van der Waals surface area contributed by atoms with Gasteiger partial charge in [-0.2, -0.15) is 0 Å². The molecule has 0 radical (unpaired) electrons. The van der Waals surface area contributed by atoms with Crippen molar-refractivity contribution in [3.63, 3.8) is 0 Å². The molecule has 4 nitrogen and oxygen atoms in total. The van der Waals surface area contributed by atoms with Crippen molar-refractivity contribution in [2.45, 2.75) is 32.7 Å². The molecule has 2 heterocycles. The van der Waals surface area contributed by atoms with Crippen LogP contribution in [-0.4, -0.2) is 29.6 Å². The van der Waals surface area contributed by atoms with E-state index in [9.17, 15) is 0 Å². The lowest BCUT2D eigenvalue weighted by Gasteiger charge is -2.29. The molecular formula is C12H19BrN4. The van der Waals surface area contributed by atoms with Crippen LogP contribution in [0.4, 0.5) is 11.6 Å². The summed E-state index contributed by atoms with van der Waals surface area (Å²) in [6, 6.07) is 0.589. The zero-order chi connectivity index (χ0) is 12.4. The third kappa shape index (κ3) is 2.39. The van der Waals surface area contributed by atoms with Crippen LogP contribution in [0.15, 0.2) is 10.8 Å². The van der Waals surface area contributed by atoms with E-state index in [1.807, 2.05) is 7.05 Å². The van der Waals surface area contributed by atoms with Crippen LogP contribution >= 0.6 is 15.9 Å². The highest BCUT2D eigenvalue weighted by Crippen LogP contribution is 2.35. The maximum Gasteiger partial charge on any atom is 0.148 e. The molecule has 0 bridgehead atoms. The van der Waals surface area contributed by atoms with Crippen molar-refractivity contribution in [1.82, 2.24) is 9.97 Å². The second kappa shape index (κ2) is 5.21. The molecule has 1 atom stereocenters. The Labute approximate surface area is 111 Å². The minimum Gasteiger partial charge on any atom is -0.372 e. The molecule has 1 aliphatic rings. The average molecular weight is 299 g/mol. The van der Waals surface area contributed by atoms with Gasteiger partial charge >= 0.3 is 0 Å². The third-order valence-electron chi connectivity index (χ3n) is 3.35. The minimum atomic E-state index is 0.589. The number of rotatable bonds is 3. The number of halogens is 1. The van der Waals surface area contributed by atoms with Gasteiger partial charge in [0.15, 0.2) is 0 Å².